The van der Waals surface area contributed by atoms with Crippen molar-refractivity contribution in [1.29, 1.82) is 0 Å². The third-order valence-corrected chi connectivity index (χ3v) is 4.87. The fourth-order valence-electron chi connectivity index (χ4n) is 2.62. The molecule has 2 aliphatic heterocycles. The Labute approximate surface area is 143 Å². The lowest BCUT2D eigenvalue weighted by atomic mass is 10.1. The standard InChI is InChI=1S/C18H14N2O3S/c21-17-10-24-16-6-5-13(8-14(16)20-17)19-18(22)12-7-11-3-1-2-4-15(11)23-9-12/h1-8H,9-10H2,(H,19,22)(H,20,21). The molecule has 0 aliphatic carbocycles. The Morgan fingerprint density at radius 3 is 3.00 bits per heavy atom. The minimum atomic E-state index is -0.209. The molecule has 0 saturated heterocycles. The number of benzene rings is 2. The van der Waals surface area contributed by atoms with E-state index in [4.69, 9.17) is 4.74 Å². The molecule has 2 aliphatic rings. The normalized spacial score (nSPS) is 15.3. The number of ether oxygens (including phenoxy) is 1. The van der Waals surface area contributed by atoms with Crippen LogP contribution in [0.2, 0.25) is 0 Å². The van der Waals surface area contributed by atoms with E-state index in [1.807, 2.05) is 42.5 Å². The minimum absolute atomic E-state index is 0.0315. The number of amides is 2. The van der Waals surface area contributed by atoms with E-state index in [1.165, 1.54) is 11.8 Å². The largest absolute Gasteiger partial charge is 0.488 e. The average Bonchev–Trinajstić information content (AvgIpc) is 2.61. The first kappa shape index (κ1) is 14.8. The second kappa shape index (κ2) is 6.05. The van der Waals surface area contributed by atoms with Gasteiger partial charge in [0.2, 0.25) is 5.91 Å². The van der Waals surface area contributed by atoms with E-state index in [9.17, 15) is 9.59 Å². The molecule has 0 unspecified atom stereocenters. The molecule has 2 aromatic carbocycles. The third kappa shape index (κ3) is 2.88. The highest BCUT2D eigenvalue weighted by atomic mass is 32.2. The van der Waals surface area contributed by atoms with Gasteiger partial charge in [-0.25, -0.2) is 0 Å². The van der Waals surface area contributed by atoms with Gasteiger partial charge in [0.1, 0.15) is 12.4 Å². The van der Waals surface area contributed by atoms with Gasteiger partial charge in [-0.3, -0.25) is 9.59 Å². The molecule has 2 heterocycles. The quantitative estimate of drug-likeness (QED) is 0.883. The van der Waals surface area contributed by atoms with Crippen molar-refractivity contribution in [2.75, 3.05) is 23.0 Å². The molecule has 0 fully saturated rings. The SMILES string of the molecule is O=C1CSc2ccc(NC(=O)C3=Cc4ccccc4OC3)cc2N1. The molecule has 120 valence electrons. The van der Waals surface area contributed by atoms with Gasteiger partial charge in [0.15, 0.2) is 0 Å². The van der Waals surface area contributed by atoms with Gasteiger partial charge in [-0.2, -0.15) is 0 Å². The van der Waals surface area contributed by atoms with Crippen LogP contribution >= 0.6 is 11.8 Å². The molecule has 0 saturated carbocycles. The lowest BCUT2D eigenvalue weighted by Crippen LogP contribution is -2.22. The summed E-state index contributed by atoms with van der Waals surface area (Å²) in [7, 11) is 0. The summed E-state index contributed by atoms with van der Waals surface area (Å²) >= 11 is 1.49. The van der Waals surface area contributed by atoms with Gasteiger partial charge in [0.25, 0.3) is 5.91 Å². The van der Waals surface area contributed by atoms with Crippen LogP contribution in [0.1, 0.15) is 5.56 Å². The number of hydrogen-bond donors (Lipinski definition) is 2. The molecule has 0 spiro atoms. The van der Waals surface area contributed by atoms with Gasteiger partial charge in [0.05, 0.1) is 17.0 Å². The van der Waals surface area contributed by atoms with Crippen LogP contribution in [-0.2, 0) is 9.59 Å². The number of nitrogens with one attached hydrogen (secondary N) is 2. The van der Waals surface area contributed by atoms with Gasteiger partial charge < -0.3 is 15.4 Å². The van der Waals surface area contributed by atoms with Crippen LogP contribution in [-0.4, -0.2) is 24.2 Å². The zero-order valence-corrected chi connectivity index (χ0v) is 13.5. The number of para-hydroxylation sites is 1. The zero-order valence-electron chi connectivity index (χ0n) is 12.7. The van der Waals surface area contributed by atoms with Gasteiger partial charge in [-0.05, 0) is 30.3 Å². The predicted molar refractivity (Wildman–Crippen MR) is 94.3 cm³/mol. The van der Waals surface area contributed by atoms with Crippen molar-refractivity contribution < 1.29 is 14.3 Å². The number of carbonyl (C=O) groups excluding carboxylic acids is 2. The highest BCUT2D eigenvalue weighted by Crippen LogP contribution is 2.33. The molecule has 6 heteroatoms. The van der Waals surface area contributed by atoms with E-state index in [-0.39, 0.29) is 18.4 Å². The summed E-state index contributed by atoms with van der Waals surface area (Å²) in [5.41, 5.74) is 2.82. The number of thioether (sulfide) groups is 1. The molecule has 4 rings (SSSR count). The summed E-state index contributed by atoms with van der Waals surface area (Å²) < 4.78 is 5.61. The maximum absolute atomic E-state index is 12.5. The molecule has 5 nitrogen and oxygen atoms in total. The van der Waals surface area contributed by atoms with E-state index >= 15 is 0 Å². The molecular formula is C18H14N2O3S. The van der Waals surface area contributed by atoms with Crippen LogP contribution in [0.4, 0.5) is 11.4 Å². The molecular weight excluding hydrogens is 324 g/mol. The van der Waals surface area contributed by atoms with Crippen molar-refractivity contribution in [2.45, 2.75) is 4.90 Å². The Morgan fingerprint density at radius 1 is 1.21 bits per heavy atom. The number of hydrogen-bond acceptors (Lipinski definition) is 4. The zero-order chi connectivity index (χ0) is 16.5. The fourth-order valence-corrected chi connectivity index (χ4v) is 3.41. The molecule has 0 radical (unpaired) electrons. The van der Waals surface area contributed by atoms with Crippen LogP contribution in [0.25, 0.3) is 6.08 Å². The molecule has 2 amide bonds. The molecule has 0 aromatic heterocycles. The summed E-state index contributed by atoms with van der Waals surface area (Å²) in [5, 5.41) is 5.68. The Bertz CT molecular complexity index is 876. The van der Waals surface area contributed by atoms with Gasteiger partial charge >= 0.3 is 0 Å². The number of carbonyl (C=O) groups is 2. The van der Waals surface area contributed by atoms with E-state index in [0.29, 0.717) is 17.0 Å². The summed E-state index contributed by atoms with van der Waals surface area (Å²) in [6.45, 7) is 0.236. The van der Waals surface area contributed by atoms with Crippen molar-refractivity contribution >= 4 is 41.0 Å². The average molecular weight is 338 g/mol. The Kier molecular flexibility index (Phi) is 3.74. The monoisotopic (exact) mass is 338 g/mol. The van der Waals surface area contributed by atoms with Crippen molar-refractivity contribution in [3.63, 3.8) is 0 Å². The van der Waals surface area contributed by atoms with Gasteiger partial charge in [0, 0.05) is 16.1 Å². The minimum Gasteiger partial charge on any atom is -0.488 e. The predicted octanol–water partition coefficient (Wildman–Crippen LogP) is 3.15. The van der Waals surface area contributed by atoms with Crippen molar-refractivity contribution in [3.8, 4) is 5.75 Å². The van der Waals surface area contributed by atoms with Crippen LogP contribution in [0.5, 0.6) is 5.75 Å². The van der Waals surface area contributed by atoms with Crippen molar-refractivity contribution in [2.24, 2.45) is 0 Å². The maximum Gasteiger partial charge on any atom is 0.255 e. The third-order valence-electron chi connectivity index (χ3n) is 3.79. The van der Waals surface area contributed by atoms with Crippen LogP contribution in [0.15, 0.2) is 52.9 Å². The summed E-state index contributed by atoms with van der Waals surface area (Å²) in [5.74, 6) is 0.959. The first-order valence-electron chi connectivity index (χ1n) is 7.49. The smallest absolute Gasteiger partial charge is 0.255 e. The lowest BCUT2D eigenvalue weighted by Gasteiger charge is -2.19. The molecule has 2 N–H and O–H groups in total. The number of rotatable bonds is 2. The number of fused-ring (bicyclic) bond motifs is 2. The van der Waals surface area contributed by atoms with Crippen molar-refractivity contribution in [1.82, 2.24) is 0 Å². The number of anilines is 2. The van der Waals surface area contributed by atoms with Gasteiger partial charge in [-0.15, -0.1) is 11.8 Å². The summed E-state index contributed by atoms with van der Waals surface area (Å²) in [4.78, 5) is 24.9. The van der Waals surface area contributed by atoms with Crippen molar-refractivity contribution in [3.05, 3.63) is 53.6 Å². The summed E-state index contributed by atoms with van der Waals surface area (Å²) in [6.07, 6.45) is 1.84. The molecule has 0 atom stereocenters. The second-order valence-corrected chi connectivity index (χ2v) is 6.52. The highest BCUT2D eigenvalue weighted by Gasteiger charge is 2.19. The lowest BCUT2D eigenvalue weighted by molar-refractivity contribution is -0.114. The van der Waals surface area contributed by atoms with E-state index in [0.717, 1.165) is 21.9 Å². The van der Waals surface area contributed by atoms with Crippen LogP contribution in [0.3, 0.4) is 0 Å². The first-order chi connectivity index (χ1) is 11.7. The van der Waals surface area contributed by atoms with E-state index < -0.39 is 0 Å². The Hall–Kier alpha value is -2.73. The molecule has 24 heavy (non-hydrogen) atoms. The topological polar surface area (TPSA) is 67.4 Å². The summed E-state index contributed by atoms with van der Waals surface area (Å²) in [6, 6.07) is 13.1. The molecule has 0 bridgehead atoms. The maximum atomic E-state index is 12.5. The first-order valence-corrected chi connectivity index (χ1v) is 8.48. The fraction of sp³-hybridized carbons (Fsp3) is 0.111. The van der Waals surface area contributed by atoms with E-state index in [2.05, 4.69) is 10.6 Å². The Balaban J connectivity index is 1.54. The van der Waals surface area contributed by atoms with Gasteiger partial charge in [-0.1, -0.05) is 18.2 Å². The van der Waals surface area contributed by atoms with E-state index in [1.54, 1.807) is 6.07 Å². The highest BCUT2D eigenvalue weighted by molar-refractivity contribution is 8.00. The Morgan fingerprint density at radius 2 is 2.08 bits per heavy atom. The van der Waals surface area contributed by atoms with Crippen LogP contribution < -0.4 is 15.4 Å². The van der Waals surface area contributed by atoms with Crippen LogP contribution in [0, 0.1) is 0 Å². The molecule has 2 aromatic rings. The second-order valence-electron chi connectivity index (χ2n) is 5.50.